The zero-order chi connectivity index (χ0) is 22.2. The van der Waals surface area contributed by atoms with Crippen molar-refractivity contribution in [1.29, 1.82) is 0 Å². The molecule has 5 rings (SSSR count). The Kier molecular flexibility index (Phi) is 6.00. The summed E-state index contributed by atoms with van der Waals surface area (Å²) in [7, 11) is 0. The summed E-state index contributed by atoms with van der Waals surface area (Å²) in [6.45, 7) is 0.866. The molecular weight excluding hydrogens is 443 g/mol. The van der Waals surface area contributed by atoms with Gasteiger partial charge in [-0.05, 0) is 67.0 Å². The maximum atomic E-state index is 13.1. The van der Waals surface area contributed by atoms with E-state index in [4.69, 9.17) is 23.2 Å². The predicted molar refractivity (Wildman–Crippen MR) is 131 cm³/mol. The monoisotopic (exact) mass is 468 g/mol. The van der Waals surface area contributed by atoms with E-state index in [1.807, 2.05) is 18.2 Å². The van der Waals surface area contributed by atoms with E-state index in [1.165, 1.54) is 32.1 Å². The third-order valence-corrected chi connectivity index (χ3v) is 7.30. The molecule has 2 N–H and O–H groups in total. The molecule has 1 heterocycles. The van der Waals surface area contributed by atoms with E-state index in [1.54, 1.807) is 18.3 Å². The van der Waals surface area contributed by atoms with E-state index in [9.17, 15) is 9.90 Å². The third-order valence-electron chi connectivity index (χ3n) is 6.72. The van der Waals surface area contributed by atoms with Crippen molar-refractivity contribution in [1.82, 2.24) is 4.98 Å². The number of aromatic nitrogens is 1. The first kappa shape index (κ1) is 21.5. The Morgan fingerprint density at radius 1 is 1.00 bits per heavy atom. The van der Waals surface area contributed by atoms with Gasteiger partial charge in [0.15, 0.2) is 11.5 Å². The number of hydrogen-bond acceptors (Lipinski definition) is 4. The maximum Gasteiger partial charge on any atom is 0.169 e. The molecule has 0 saturated heterocycles. The molecular formula is C26H26Cl2N2O2. The number of nitrogens with one attached hydrogen (secondary N) is 1. The number of benzene rings is 2. The highest BCUT2D eigenvalue weighted by Gasteiger charge is 2.32. The number of pyridine rings is 1. The Balaban J connectivity index is 1.58. The first-order valence-electron chi connectivity index (χ1n) is 11.4. The Bertz CT molecular complexity index is 1160. The molecule has 166 valence electrons. The molecule has 2 aliphatic rings. The van der Waals surface area contributed by atoms with Crippen LogP contribution >= 0.6 is 23.2 Å². The van der Waals surface area contributed by atoms with Crippen LogP contribution in [0.2, 0.25) is 10.0 Å². The van der Waals surface area contributed by atoms with Crippen LogP contribution in [0.25, 0.3) is 22.0 Å². The van der Waals surface area contributed by atoms with Crippen molar-refractivity contribution >= 4 is 45.6 Å². The SMILES string of the molecule is O=C(c1cnc2ccc(-c3cc(Cl)c(O)c(Cl)c3)cc2c1NCC1CCCCC1)C1CC1. The summed E-state index contributed by atoms with van der Waals surface area (Å²) >= 11 is 12.3. The minimum absolute atomic E-state index is 0.119. The van der Waals surface area contributed by atoms with Gasteiger partial charge in [-0.25, -0.2) is 0 Å². The van der Waals surface area contributed by atoms with Crippen LogP contribution in [0.15, 0.2) is 36.5 Å². The number of nitrogens with zero attached hydrogens (tertiary/aromatic N) is 1. The van der Waals surface area contributed by atoms with Crippen molar-refractivity contribution in [2.24, 2.45) is 11.8 Å². The van der Waals surface area contributed by atoms with Crippen LogP contribution in [0.3, 0.4) is 0 Å². The molecule has 0 spiro atoms. The van der Waals surface area contributed by atoms with Gasteiger partial charge < -0.3 is 10.4 Å². The lowest BCUT2D eigenvalue weighted by molar-refractivity contribution is 0.0968. The van der Waals surface area contributed by atoms with Crippen LogP contribution in [0.1, 0.15) is 55.3 Å². The number of hydrogen-bond donors (Lipinski definition) is 2. The van der Waals surface area contributed by atoms with Gasteiger partial charge in [-0.2, -0.15) is 0 Å². The molecule has 1 aromatic heterocycles. The zero-order valence-corrected chi connectivity index (χ0v) is 19.3. The number of carbonyl (C=O) groups is 1. The molecule has 0 aliphatic heterocycles. The summed E-state index contributed by atoms with van der Waals surface area (Å²) in [5.74, 6) is 0.828. The maximum absolute atomic E-state index is 13.1. The van der Waals surface area contributed by atoms with Gasteiger partial charge in [-0.1, -0.05) is 48.5 Å². The highest BCUT2D eigenvalue weighted by atomic mass is 35.5. The first-order chi connectivity index (χ1) is 15.5. The molecule has 2 aromatic carbocycles. The van der Waals surface area contributed by atoms with E-state index >= 15 is 0 Å². The highest BCUT2D eigenvalue weighted by Crippen LogP contribution is 2.40. The summed E-state index contributed by atoms with van der Waals surface area (Å²) in [6.07, 6.45) is 10.0. The highest BCUT2D eigenvalue weighted by molar-refractivity contribution is 6.37. The molecule has 2 aliphatic carbocycles. The van der Waals surface area contributed by atoms with Crippen molar-refractivity contribution in [3.63, 3.8) is 0 Å². The Morgan fingerprint density at radius 3 is 2.41 bits per heavy atom. The number of anilines is 1. The van der Waals surface area contributed by atoms with Gasteiger partial charge in [0.2, 0.25) is 0 Å². The van der Waals surface area contributed by atoms with Crippen molar-refractivity contribution in [2.45, 2.75) is 44.9 Å². The normalized spacial score (nSPS) is 16.9. The average molecular weight is 469 g/mol. The molecule has 0 bridgehead atoms. The van der Waals surface area contributed by atoms with Crippen molar-refractivity contribution < 1.29 is 9.90 Å². The Hall–Kier alpha value is -2.30. The van der Waals surface area contributed by atoms with Crippen molar-refractivity contribution in [3.05, 3.63) is 52.1 Å². The standard InChI is InChI=1S/C26H26Cl2N2O2/c27-21-11-18(12-22(28)26(21)32)17-8-9-23-19(10-17)24(30-13-15-4-2-1-3-5-15)20(14-29-23)25(31)16-6-7-16/h8-12,14-16,32H,1-7,13H2,(H,29,30). The topological polar surface area (TPSA) is 62.2 Å². The molecule has 0 unspecified atom stereocenters. The zero-order valence-electron chi connectivity index (χ0n) is 17.8. The van der Waals surface area contributed by atoms with Gasteiger partial charge in [-0.3, -0.25) is 9.78 Å². The van der Waals surface area contributed by atoms with E-state index in [2.05, 4.69) is 10.3 Å². The second-order valence-corrected chi connectivity index (χ2v) is 9.91. The number of Topliss-reactive ketones (excluding diaryl/α,β-unsaturated/α-hetero) is 1. The number of phenols is 1. The number of fused-ring (bicyclic) bond motifs is 1. The minimum atomic E-state index is -0.119. The van der Waals surface area contributed by atoms with E-state index in [0.717, 1.165) is 47.1 Å². The quantitative estimate of drug-likeness (QED) is 0.367. The molecule has 0 radical (unpaired) electrons. The van der Waals surface area contributed by atoms with Gasteiger partial charge in [0.25, 0.3) is 0 Å². The van der Waals surface area contributed by atoms with E-state index in [-0.39, 0.29) is 27.5 Å². The lowest BCUT2D eigenvalue weighted by Gasteiger charge is -2.23. The number of carbonyl (C=O) groups excluding carboxylic acids is 1. The lowest BCUT2D eigenvalue weighted by Crippen LogP contribution is -2.19. The van der Waals surface area contributed by atoms with Gasteiger partial charge in [-0.15, -0.1) is 0 Å². The summed E-state index contributed by atoms with van der Waals surface area (Å²) in [5.41, 5.74) is 4.12. The minimum Gasteiger partial charge on any atom is -0.505 e. The molecule has 32 heavy (non-hydrogen) atoms. The first-order valence-corrected chi connectivity index (χ1v) is 12.2. The van der Waals surface area contributed by atoms with Gasteiger partial charge in [0.05, 0.1) is 26.8 Å². The summed E-state index contributed by atoms with van der Waals surface area (Å²) in [4.78, 5) is 17.7. The van der Waals surface area contributed by atoms with Crippen molar-refractivity contribution in [2.75, 3.05) is 11.9 Å². The molecule has 0 atom stereocenters. The second-order valence-electron chi connectivity index (χ2n) is 9.09. The summed E-state index contributed by atoms with van der Waals surface area (Å²) < 4.78 is 0. The van der Waals surface area contributed by atoms with E-state index < -0.39 is 0 Å². The Labute approximate surface area is 198 Å². The number of aromatic hydroxyl groups is 1. The second kappa shape index (κ2) is 8.92. The molecule has 0 amide bonds. The largest absolute Gasteiger partial charge is 0.505 e. The molecule has 3 aromatic rings. The lowest BCUT2D eigenvalue weighted by atomic mass is 9.89. The van der Waals surface area contributed by atoms with Crippen molar-refractivity contribution in [3.8, 4) is 16.9 Å². The molecule has 6 heteroatoms. The fraction of sp³-hybridized carbons (Fsp3) is 0.385. The van der Waals surface area contributed by atoms with Crippen LogP contribution in [-0.2, 0) is 0 Å². The summed E-state index contributed by atoms with van der Waals surface area (Å²) in [6, 6.07) is 9.35. The molecule has 4 nitrogen and oxygen atoms in total. The van der Waals surface area contributed by atoms with E-state index in [0.29, 0.717) is 11.5 Å². The number of halogens is 2. The van der Waals surface area contributed by atoms with Gasteiger partial charge in [0.1, 0.15) is 0 Å². The predicted octanol–water partition coefficient (Wildman–Crippen LogP) is 7.50. The van der Waals surface area contributed by atoms with Crippen LogP contribution in [0.5, 0.6) is 5.75 Å². The van der Waals surface area contributed by atoms with Gasteiger partial charge in [0, 0.05) is 24.0 Å². The fourth-order valence-electron chi connectivity index (χ4n) is 4.68. The van der Waals surface area contributed by atoms with Crippen LogP contribution in [-0.4, -0.2) is 22.4 Å². The number of phenolic OH excluding ortho intramolecular Hbond substituents is 1. The average Bonchev–Trinajstić information content (AvgIpc) is 3.66. The molecule has 2 fully saturated rings. The number of ketones is 1. The van der Waals surface area contributed by atoms with Crippen LogP contribution in [0, 0.1) is 11.8 Å². The smallest absolute Gasteiger partial charge is 0.169 e. The Morgan fingerprint density at radius 2 is 1.72 bits per heavy atom. The number of rotatable bonds is 6. The third kappa shape index (κ3) is 4.31. The molecule has 2 saturated carbocycles. The van der Waals surface area contributed by atoms with Gasteiger partial charge >= 0.3 is 0 Å². The fourth-order valence-corrected chi connectivity index (χ4v) is 5.17. The van der Waals surface area contributed by atoms with Crippen LogP contribution < -0.4 is 5.32 Å². The summed E-state index contributed by atoms with van der Waals surface area (Å²) in [5, 5.41) is 14.9. The van der Waals surface area contributed by atoms with Crippen LogP contribution in [0.4, 0.5) is 5.69 Å².